The van der Waals surface area contributed by atoms with Crippen LogP contribution < -0.4 is 0 Å². The lowest BCUT2D eigenvalue weighted by Crippen LogP contribution is -2.20. The van der Waals surface area contributed by atoms with E-state index < -0.39 is 0 Å². The predicted molar refractivity (Wildman–Crippen MR) is 220 cm³/mol. The molecule has 8 aromatic rings. The van der Waals surface area contributed by atoms with Gasteiger partial charge in [-0.2, -0.15) is 0 Å². The highest BCUT2D eigenvalue weighted by atomic mass is 15.0. The van der Waals surface area contributed by atoms with Gasteiger partial charge in [-0.3, -0.25) is 4.98 Å². The van der Waals surface area contributed by atoms with Gasteiger partial charge in [-0.05, 0) is 106 Å². The van der Waals surface area contributed by atoms with E-state index in [4.69, 9.17) is 19.9 Å². The number of nitrogens with zero attached hydrogens (tertiary/aromatic N) is 4. The summed E-state index contributed by atoms with van der Waals surface area (Å²) in [5.74, 6) is 1.94. The van der Waals surface area contributed by atoms with E-state index in [0.29, 0.717) is 17.5 Å². The van der Waals surface area contributed by atoms with Gasteiger partial charge in [0.25, 0.3) is 0 Å². The Kier molecular flexibility index (Phi) is 7.83. The van der Waals surface area contributed by atoms with Gasteiger partial charge in [-0.25, -0.2) is 15.0 Å². The van der Waals surface area contributed by atoms with Crippen molar-refractivity contribution in [1.82, 2.24) is 19.9 Å². The van der Waals surface area contributed by atoms with Gasteiger partial charge < -0.3 is 0 Å². The Bertz CT molecular complexity index is 2600. The van der Waals surface area contributed by atoms with Crippen LogP contribution in [0.3, 0.4) is 0 Å². The first-order valence-electron chi connectivity index (χ1n) is 18.9. The lowest BCUT2D eigenvalue weighted by molar-refractivity contribution is 0.550. The zero-order valence-corrected chi connectivity index (χ0v) is 30.2. The fourth-order valence-electron chi connectivity index (χ4n) is 8.68. The molecule has 54 heavy (non-hydrogen) atoms. The zero-order chi connectivity index (χ0) is 36.1. The first-order valence-corrected chi connectivity index (χ1v) is 18.9. The van der Waals surface area contributed by atoms with Crippen molar-refractivity contribution in [2.45, 2.75) is 38.0 Å². The van der Waals surface area contributed by atoms with Gasteiger partial charge in [0.15, 0.2) is 17.5 Å². The molecule has 1 fully saturated rings. The van der Waals surface area contributed by atoms with Gasteiger partial charge >= 0.3 is 0 Å². The van der Waals surface area contributed by atoms with E-state index in [1.807, 2.05) is 42.6 Å². The number of hydrogen-bond donors (Lipinski definition) is 0. The highest BCUT2D eigenvalue weighted by molar-refractivity contribution is 5.87. The van der Waals surface area contributed by atoms with Gasteiger partial charge in [0, 0.05) is 33.9 Å². The summed E-state index contributed by atoms with van der Waals surface area (Å²) in [7, 11) is 0. The Labute approximate surface area is 316 Å². The molecule has 4 nitrogen and oxygen atoms in total. The molecule has 2 aliphatic carbocycles. The van der Waals surface area contributed by atoms with E-state index in [0.717, 1.165) is 50.2 Å². The molecule has 0 unspecified atom stereocenters. The fourth-order valence-corrected chi connectivity index (χ4v) is 8.68. The molecular formula is C50H38N4. The summed E-state index contributed by atoms with van der Waals surface area (Å²) >= 11 is 0. The number of rotatable bonds is 6. The number of pyridine rings is 1. The standard InChI is InChI=1S/C50H38N4/c1-33-21-24-46(51-32-33)38-18-12-17-36(27-38)39-28-40(37-22-23-43-42-19-8-9-20-44(42)50(45(43)31-37)25-10-11-26-50)30-41(29-39)49-53-47(34-13-4-2-5-14-34)52-48(54-49)35-15-6-3-7-16-35/h2-9,12-24,27-32H,10-11,25-26H2,1H3. The molecule has 0 radical (unpaired) electrons. The van der Waals surface area contributed by atoms with Crippen molar-refractivity contribution in [1.29, 1.82) is 0 Å². The number of fused-ring (bicyclic) bond motifs is 5. The van der Waals surface area contributed by atoms with Crippen LogP contribution in [-0.4, -0.2) is 19.9 Å². The number of aryl methyl sites for hydroxylation is 1. The number of hydrogen-bond acceptors (Lipinski definition) is 4. The summed E-state index contributed by atoms with van der Waals surface area (Å²) in [6.45, 7) is 2.07. The van der Waals surface area contributed by atoms with Crippen LogP contribution in [0, 0.1) is 6.92 Å². The molecule has 0 atom stereocenters. The van der Waals surface area contributed by atoms with Crippen LogP contribution in [-0.2, 0) is 5.41 Å². The molecule has 2 aromatic heterocycles. The Morgan fingerprint density at radius 3 is 1.61 bits per heavy atom. The first kappa shape index (κ1) is 32.2. The van der Waals surface area contributed by atoms with E-state index in [-0.39, 0.29) is 5.41 Å². The largest absolute Gasteiger partial charge is 0.256 e. The topological polar surface area (TPSA) is 51.6 Å². The van der Waals surface area contributed by atoms with E-state index in [9.17, 15) is 0 Å². The molecule has 0 bridgehead atoms. The maximum absolute atomic E-state index is 5.15. The SMILES string of the molecule is Cc1ccc(-c2cccc(-c3cc(-c4ccc5c(c4)C4(CCCC4)c4ccccc4-5)cc(-c4nc(-c5ccccc5)nc(-c5ccccc5)n4)c3)c2)nc1. The molecule has 0 N–H and O–H groups in total. The van der Waals surface area contributed by atoms with E-state index in [1.165, 1.54) is 53.5 Å². The van der Waals surface area contributed by atoms with Crippen molar-refractivity contribution in [3.05, 3.63) is 181 Å². The Balaban J connectivity index is 1.18. The van der Waals surface area contributed by atoms with Crippen molar-refractivity contribution in [3.63, 3.8) is 0 Å². The Morgan fingerprint density at radius 1 is 0.407 bits per heavy atom. The van der Waals surface area contributed by atoms with Crippen molar-refractivity contribution >= 4 is 0 Å². The van der Waals surface area contributed by atoms with Crippen molar-refractivity contribution < 1.29 is 0 Å². The summed E-state index contributed by atoms with van der Waals surface area (Å²) in [6, 6.07) is 56.3. The third-order valence-electron chi connectivity index (χ3n) is 11.4. The van der Waals surface area contributed by atoms with Crippen LogP contribution >= 0.6 is 0 Å². The van der Waals surface area contributed by atoms with Gasteiger partial charge in [0.05, 0.1) is 5.69 Å². The fraction of sp³-hybridized carbons (Fsp3) is 0.120. The summed E-state index contributed by atoms with van der Waals surface area (Å²) in [5, 5.41) is 0. The monoisotopic (exact) mass is 694 g/mol. The lowest BCUT2D eigenvalue weighted by atomic mass is 9.76. The molecule has 0 amide bonds. The molecule has 4 heteroatoms. The van der Waals surface area contributed by atoms with Gasteiger partial charge in [-0.1, -0.05) is 134 Å². The average molecular weight is 695 g/mol. The third-order valence-corrected chi connectivity index (χ3v) is 11.4. The molecule has 6 aromatic carbocycles. The number of benzene rings is 6. The summed E-state index contributed by atoms with van der Waals surface area (Å²) in [6.07, 6.45) is 6.84. The van der Waals surface area contributed by atoms with Gasteiger partial charge in [0.2, 0.25) is 0 Å². The van der Waals surface area contributed by atoms with Crippen molar-refractivity contribution in [2.75, 3.05) is 0 Å². The lowest BCUT2D eigenvalue weighted by Gasteiger charge is -2.27. The second kappa shape index (κ2) is 13.2. The van der Waals surface area contributed by atoms with E-state index >= 15 is 0 Å². The molecule has 0 saturated heterocycles. The van der Waals surface area contributed by atoms with Gasteiger partial charge in [0.1, 0.15) is 0 Å². The third kappa shape index (κ3) is 5.62. The van der Waals surface area contributed by atoms with Crippen molar-refractivity contribution in [3.8, 4) is 78.8 Å². The minimum atomic E-state index is 0.0845. The maximum Gasteiger partial charge on any atom is 0.164 e. The Hall–Kier alpha value is -6.52. The highest BCUT2D eigenvalue weighted by Crippen LogP contribution is 2.57. The van der Waals surface area contributed by atoms with Crippen LogP contribution in [0.15, 0.2) is 164 Å². The molecule has 0 aliphatic heterocycles. The molecular weight excluding hydrogens is 657 g/mol. The smallest absolute Gasteiger partial charge is 0.164 e. The van der Waals surface area contributed by atoms with E-state index in [2.05, 4.69) is 128 Å². The van der Waals surface area contributed by atoms with Crippen LogP contribution in [0.4, 0.5) is 0 Å². The van der Waals surface area contributed by atoms with Crippen LogP contribution in [0.5, 0.6) is 0 Å². The molecule has 1 spiro atoms. The van der Waals surface area contributed by atoms with Crippen molar-refractivity contribution in [2.24, 2.45) is 0 Å². The first-order chi connectivity index (χ1) is 26.6. The number of aromatic nitrogens is 4. The van der Waals surface area contributed by atoms with E-state index in [1.54, 1.807) is 0 Å². The van der Waals surface area contributed by atoms with Crippen LogP contribution in [0.2, 0.25) is 0 Å². The predicted octanol–water partition coefficient (Wildman–Crippen LogP) is 12.4. The highest BCUT2D eigenvalue weighted by Gasteiger charge is 2.44. The summed E-state index contributed by atoms with van der Waals surface area (Å²) in [5.41, 5.74) is 16.4. The minimum Gasteiger partial charge on any atom is -0.256 e. The quantitative estimate of drug-likeness (QED) is 0.174. The normalized spacial score (nSPS) is 13.9. The molecule has 258 valence electrons. The zero-order valence-electron chi connectivity index (χ0n) is 30.2. The maximum atomic E-state index is 5.15. The summed E-state index contributed by atoms with van der Waals surface area (Å²) in [4.78, 5) is 20.0. The van der Waals surface area contributed by atoms with Crippen LogP contribution in [0.25, 0.3) is 78.8 Å². The molecule has 1 saturated carbocycles. The summed E-state index contributed by atoms with van der Waals surface area (Å²) < 4.78 is 0. The Morgan fingerprint density at radius 2 is 0.944 bits per heavy atom. The minimum absolute atomic E-state index is 0.0845. The average Bonchev–Trinajstić information content (AvgIpc) is 3.85. The second-order valence-electron chi connectivity index (χ2n) is 14.7. The second-order valence-corrected chi connectivity index (χ2v) is 14.7. The molecule has 2 heterocycles. The molecule has 10 rings (SSSR count). The van der Waals surface area contributed by atoms with Gasteiger partial charge in [-0.15, -0.1) is 0 Å². The van der Waals surface area contributed by atoms with Crippen LogP contribution in [0.1, 0.15) is 42.4 Å². The molecule has 2 aliphatic rings.